The largest absolute Gasteiger partial charge is 0.373 e. The van der Waals surface area contributed by atoms with Crippen molar-refractivity contribution in [2.24, 2.45) is 5.41 Å². The first kappa shape index (κ1) is 15.2. The Morgan fingerprint density at radius 3 is 2.76 bits per heavy atom. The van der Waals surface area contributed by atoms with Gasteiger partial charge in [-0.1, -0.05) is 13.8 Å². The molecule has 0 spiro atoms. The highest BCUT2D eigenvalue weighted by Gasteiger charge is 2.33. The summed E-state index contributed by atoms with van der Waals surface area (Å²) in [5.41, 5.74) is 0.481. The van der Waals surface area contributed by atoms with Crippen molar-refractivity contribution in [2.45, 2.75) is 45.8 Å². The molecule has 4 heteroatoms. The van der Waals surface area contributed by atoms with Crippen molar-refractivity contribution in [3.05, 3.63) is 0 Å². The molecule has 0 aliphatic carbocycles. The lowest BCUT2D eigenvalue weighted by Gasteiger charge is -2.40. The van der Waals surface area contributed by atoms with Crippen molar-refractivity contribution >= 4 is 12.4 Å². The molecule has 2 fully saturated rings. The molecule has 3 atom stereocenters. The van der Waals surface area contributed by atoms with Crippen LogP contribution in [0.15, 0.2) is 0 Å². The van der Waals surface area contributed by atoms with Crippen molar-refractivity contribution in [3.63, 3.8) is 0 Å². The van der Waals surface area contributed by atoms with E-state index < -0.39 is 0 Å². The molecule has 3 nitrogen and oxygen atoms in total. The van der Waals surface area contributed by atoms with Crippen LogP contribution in [0, 0.1) is 5.41 Å². The van der Waals surface area contributed by atoms with Gasteiger partial charge in [-0.05, 0) is 31.7 Å². The molecule has 0 saturated carbocycles. The number of ether oxygens (including phenoxy) is 1. The van der Waals surface area contributed by atoms with E-state index in [1.165, 1.54) is 26.1 Å². The van der Waals surface area contributed by atoms with E-state index in [0.29, 0.717) is 17.6 Å². The van der Waals surface area contributed by atoms with E-state index in [1.807, 2.05) is 0 Å². The zero-order valence-electron chi connectivity index (χ0n) is 11.4. The van der Waals surface area contributed by atoms with Crippen LogP contribution in [0.3, 0.4) is 0 Å². The third kappa shape index (κ3) is 4.09. The van der Waals surface area contributed by atoms with E-state index in [2.05, 4.69) is 31.0 Å². The van der Waals surface area contributed by atoms with Crippen LogP contribution in [0.1, 0.15) is 33.6 Å². The van der Waals surface area contributed by atoms with E-state index >= 15 is 0 Å². The average molecular weight is 263 g/mol. The van der Waals surface area contributed by atoms with Gasteiger partial charge in [-0.15, -0.1) is 12.4 Å². The molecule has 0 aromatic rings. The molecule has 0 aromatic carbocycles. The standard InChI is InChI=1S/C13H26N2O.ClH/c1-4-12-8-15(7-11(2)16-12)10-13(3)5-6-14-9-13;/h11-12,14H,4-10H2,1-3H3;1H. The highest BCUT2D eigenvalue weighted by Crippen LogP contribution is 2.27. The Balaban J connectivity index is 0.00000144. The molecule has 2 aliphatic heterocycles. The SMILES string of the molecule is CCC1CN(CC2(C)CCNC2)CC(C)O1.Cl. The molecular weight excluding hydrogens is 236 g/mol. The molecule has 2 rings (SSSR count). The van der Waals surface area contributed by atoms with Gasteiger partial charge in [0.15, 0.2) is 0 Å². The summed E-state index contributed by atoms with van der Waals surface area (Å²) >= 11 is 0. The van der Waals surface area contributed by atoms with Gasteiger partial charge in [0.05, 0.1) is 12.2 Å². The van der Waals surface area contributed by atoms with Crippen LogP contribution in [-0.4, -0.2) is 49.8 Å². The van der Waals surface area contributed by atoms with Crippen molar-refractivity contribution in [2.75, 3.05) is 32.7 Å². The number of nitrogens with one attached hydrogen (secondary N) is 1. The average Bonchev–Trinajstić information content (AvgIpc) is 2.63. The minimum atomic E-state index is 0. The third-order valence-electron chi connectivity index (χ3n) is 3.92. The van der Waals surface area contributed by atoms with Gasteiger partial charge in [-0.2, -0.15) is 0 Å². The zero-order chi connectivity index (χ0) is 11.6. The maximum atomic E-state index is 5.91. The van der Waals surface area contributed by atoms with Crippen molar-refractivity contribution in [3.8, 4) is 0 Å². The molecule has 17 heavy (non-hydrogen) atoms. The van der Waals surface area contributed by atoms with E-state index in [9.17, 15) is 0 Å². The van der Waals surface area contributed by atoms with Gasteiger partial charge in [-0.3, -0.25) is 4.90 Å². The minimum absolute atomic E-state index is 0. The lowest BCUT2D eigenvalue weighted by Crippen LogP contribution is -2.50. The second-order valence-corrected chi connectivity index (χ2v) is 5.91. The predicted molar refractivity (Wildman–Crippen MR) is 73.9 cm³/mol. The van der Waals surface area contributed by atoms with Crippen LogP contribution in [0.2, 0.25) is 0 Å². The van der Waals surface area contributed by atoms with Gasteiger partial charge in [0.2, 0.25) is 0 Å². The van der Waals surface area contributed by atoms with Crippen LogP contribution in [0.25, 0.3) is 0 Å². The molecule has 0 aromatic heterocycles. The third-order valence-corrected chi connectivity index (χ3v) is 3.92. The molecule has 1 N–H and O–H groups in total. The number of nitrogens with zero attached hydrogens (tertiary/aromatic N) is 1. The van der Waals surface area contributed by atoms with Gasteiger partial charge in [0, 0.05) is 26.2 Å². The summed E-state index contributed by atoms with van der Waals surface area (Å²) in [6.45, 7) is 12.6. The van der Waals surface area contributed by atoms with Crippen molar-refractivity contribution in [1.82, 2.24) is 10.2 Å². The summed E-state index contributed by atoms with van der Waals surface area (Å²) in [6.07, 6.45) is 3.30. The fraction of sp³-hybridized carbons (Fsp3) is 1.00. The first-order valence-electron chi connectivity index (χ1n) is 6.70. The Labute approximate surface area is 112 Å². The normalized spacial score (nSPS) is 39.0. The molecule has 102 valence electrons. The van der Waals surface area contributed by atoms with E-state index in [0.717, 1.165) is 19.5 Å². The zero-order valence-corrected chi connectivity index (χ0v) is 12.2. The van der Waals surface area contributed by atoms with E-state index in [4.69, 9.17) is 4.74 Å². The molecular formula is C13H27ClN2O. The molecule has 0 bridgehead atoms. The Kier molecular flexibility index (Phi) is 5.71. The van der Waals surface area contributed by atoms with Crippen LogP contribution in [0.5, 0.6) is 0 Å². The van der Waals surface area contributed by atoms with Crippen molar-refractivity contribution < 1.29 is 4.74 Å². The molecule has 2 saturated heterocycles. The summed E-state index contributed by atoms with van der Waals surface area (Å²) in [6, 6.07) is 0. The Morgan fingerprint density at radius 1 is 1.41 bits per heavy atom. The monoisotopic (exact) mass is 262 g/mol. The molecule has 2 aliphatic rings. The van der Waals surface area contributed by atoms with Crippen LogP contribution in [0.4, 0.5) is 0 Å². The smallest absolute Gasteiger partial charge is 0.0703 e. The summed E-state index contributed by atoms with van der Waals surface area (Å²) in [7, 11) is 0. The molecule has 2 heterocycles. The Bertz CT molecular complexity index is 231. The first-order chi connectivity index (χ1) is 7.61. The minimum Gasteiger partial charge on any atom is -0.373 e. The Morgan fingerprint density at radius 2 is 2.18 bits per heavy atom. The lowest BCUT2D eigenvalue weighted by molar-refractivity contribution is -0.0847. The maximum absolute atomic E-state index is 5.91. The summed E-state index contributed by atoms with van der Waals surface area (Å²) in [5.74, 6) is 0. The second kappa shape index (κ2) is 6.37. The fourth-order valence-electron chi connectivity index (χ4n) is 3.04. The summed E-state index contributed by atoms with van der Waals surface area (Å²) in [4.78, 5) is 2.61. The van der Waals surface area contributed by atoms with Gasteiger partial charge in [-0.25, -0.2) is 0 Å². The summed E-state index contributed by atoms with van der Waals surface area (Å²) in [5, 5.41) is 3.48. The number of halogens is 1. The first-order valence-corrected chi connectivity index (χ1v) is 6.70. The fourth-order valence-corrected chi connectivity index (χ4v) is 3.04. The van der Waals surface area contributed by atoms with Gasteiger partial charge in [0.25, 0.3) is 0 Å². The maximum Gasteiger partial charge on any atom is 0.0703 e. The van der Waals surface area contributed by atoms with Crippen molar-refractivity contribution in [1.29, 1.82) is 0 Å². The van der Waals surface area contributed by atoms with Gasteiger partial charge < -0.3 is 10.1 Å². The summed E-state index contributed by atoms with van der Waals surface area (Å²) < 4.78 is 5.91. The Hall–Kier alpha value is 0.170. The number of rotatable bonds is 3. The number of morpholine rings is 1. The lowest BCUT2D eigenvalue weighted by atomic mass is 9.88. The predicted octanol–water partition coefficient (Wildman–Crippen LogP) is 1.91. The molecule has 0 amide bonds. The van der Waals surface area contributed by atoms with E-state index in [1.54, 1.807) is 0 Å². The second-order valence-electron chi connectivity index (χ2n) is 5.91. The molecule has 3 unspecified atom stereocenters. The van der Waals surface area contributed by atoms with Gasteiger partial charge >= 0.3 is 0 Å². The van der Waals surface area contributed by atoms with Crippen LogP contribution in [-0.2, 0) is 4.74 Å². The van der Waals surface area contributed by atoms with E-state index in [-0.39, 0.29) is 12.4 Å². The number of hydrogen-bond acceptors (Lipinski definition) is 3. The van der Waals surface area contributed by atoms with Gasteiger partial charge in [0.1, 0.15) is 0 Å². The van der Waals surface area contributed by atoms with Crippen LogP contribution >= 0.6 is 12.4 Å². The number of hydrogen-bond donors (Lipinski definition) is 1. The topological polar surface area (TPSA) is 24.5 Å². The molecule has 0 radical (unpaired) electrons. The highest BCUT2D eigenvalue weighted by atomic mass is 35.5. The quantitative estimate of drug-likeness (QED) is 0.841. The van der Waals surface area contributed by atoms with Crippen LogP contribution < -0.4 is 5.32 Å². The highest BCUT2D eigenvalue weighted by molar-refractivity contribution is 5.85.